The predicted molar refractivity (Wildman–Crippen MR) is 76.7 cm³/mol. The maximum Gasteiger partial charge on any atom is 0.0645 e. The Morgan fingerprint density at radius 2 is 1.30 bits per heavy atom. The molecule has 0 amide bonds. The van der Waals surface area contributed by atoms with Crippen LogP contribution in [-0.4, -0.2) is 26.4 Å². The molecule has 0 bridgehead atoms. The summed E-state index contributed by atoms with van der Waals surface area (Å²) in [5.74, 6) is 0. The SMILES string of the molecule is CC1(COCCC#N)C=CC(C)(COCCC#N)CC1. The lowest BCUT2D eigenvalue weighted by atomic mass is 9.71. The first-order chi connectivity index (χ1) is 9.54. The van der Waals surface area contributed by atoms with Crippen LogP contribution < -0.4 is 0 Å². The minimum absolute atomic E-state index is 0.0572. The Morgan fingerprint density at radius 3 is 1.60 bits per heavy atom. The number of rotatable bonds is 8. The highest BCUT2D eigenvalue weighted by molar-refractivity contribution is 5.10. The van der Waals surface area contributed by atoms with Crippen LogP contribution in [0.4, 0.5) is 0 Å². The van der Waals surface area contributed by atoms with Gasteiger partial charge in [-0.3, -0.25) is 0 Å². The van der Waals surface area contributed by atoms with E-state index in [-0.39, 0.29) is 10.8 Å². The first-order valence-electron chi connectivity index (χ1n) is 7.13. The summed E-state index contributed by atoms with van der Waals surface area (Å²) in [7, 11) is 0. The molecule has 110 valence electrons. The Balaban J connectivity index is 2.38. The fourth-order valence-corrected chi connectivity index (χ4v) is 2.23. The van der Waals surface area contributed by atoms with Crippen molar-refractivity contribution in [2.75, 3.05) is 26.4 Å². The highest BCUT2D eigenvalue weighted by atomic mass is 16.5. The van der Waals surface area contributed by atoms with Crippen LogP contribution in [0.2, 0.25) is 0 Å². The van der Waals surface area contributed by atoms with Crippen LogP contribution >= 0.6 is 0 Å². The topological polar surface area (TPSA) is 66.0 Å². The van der Waals surface area contributed by atoms with Gasteiger partial charge in [0.1, 0.15) is 0 Å². The Bertz CT molecular complexity index is 370. The molecule has 1 aliphatic carbocycles. The van der Waals surface area contributed by atoms with Gasteiger partial charge in [-0.15, -0.1) is 0 Å². The van der Waals surface area contributed by atoms with Gasteiger partial charge in [-0.25, -0.2) is 0 Å². The van der Waals surface area contributed by atoms with Crippen LogP contribution in [0, 0.1) is 33.5 Å². The van der Waals surface area contributed by atoms with E-state index in [1.807, 2.05) is 0 Å². The molecule has 2 unspecified atom stereocenters. The molecule has 4 heteroatoms. The van der Waals surface area contributed by atoms with Crippen LogP contribution in [0.3, 0.4) is 0 Å². The van der Waals surface area contributed by atoms with Crippen molar-refractivity contribution in [2.45, 2.75) is 39.5 Å². The summed E-state index contributed by atoms with van der Waals surface area (Å²) in [6.45, 7) is 6.72. The highest BCUT2D eigenvalue weighted by Gasteiger charge is 2.33. The third-order valence-electron chi connectivity index (χ3n) is 3.74. The van der Waals surface area contributed by atoms with Gasteiger partial charge in [-0.1, -0.05) is 26.0 Å². The van der Waals surface area contributed by atoms with E-state index in [0.717, 1.165) is 12.8 Å². The quantitative estimate of drug-likeness (QED) is 0.504. The van der Waals surface area contributed by atoms with Gasteiger partial charge in [-0.2, -0.15) is 10.5 Å². The van der Waals surface area contributed by atoms with Crippen molar-refractivity contribution in [1.29, 1.82) is 10.5 Å². The molecule has 4 nitrogen and oxygen atoms in total. The first kappa shape index (κ1) is 16.7. The van der Waals surface area contributed by atoms with Crippen LogP contribution in [0.15, 0.2) is 12.2 Å². The number of ether oxygens (including phenoxy) is 2. The standard InChI is InChI=1S/C16H24N2O2/c1-15(13-19-11-3-9-17)5-7-16(2,8-6-15)14-20-12-4-10-18/h5,7H,3-4,6,8,11-14H2,1-2H3. The molecular weight excluding hydrogens is 252 g/mol. The van der Waals surface area contributed by atoms with Crippen molar-refractivity contribution in [3.63, 3.8) is 0 Å². The van der Waals surface area contributed by atoms with E-state index in [1.54, 1.807) is 0 Å². The second-order valence-electron chi connectivity index (χ2n) is 6.06. The van der Waals surface area contributed by atoms with Crippen molar-refractivity contribution < 1.29 is 9.47 Å². The van der Waals surface area contributed by atoms with Crippen LogP contribution in [-0.2, 0) is 9.47 Å². The van der Waals surface area contributed by atoms with Crippen molar-refractivity contribution in [1.82, 2.24) is 0 Å². The summed E-state index contributed by atoms with van der Waals surface area (Å²) >= 11 is 0. The Labute approximate surface area is 122 Å². The lowest BCUT2D eigenvalue weighted by Crippen LogP contribution is -2.32. The molecule has 0 spiro atoms. The minimum Gasteiger partial charge on any atom is -0.379 e. The Hall–Kier alpha value is -1.36. The maximum absolute atomic E-state index is 8.48. The summed E-state index contributed by atoms with van der Waals surface area (Å²) in [4.78, 5) is 0. The highest BCUT2D eigenvalue weighted by Crippen LogP contribution is 2.40. The molecule has 20 heavy (non-hydrogen) atoms. The number of hydrogen-bond donors (Lipinski definition) is 0. The van der Waals surface area contributed by atoms with Crippen molar-refractivity contribution in [3.8, 4) is 12.1 Å². The van der Waals surface area contributed by atoms with Gasteiger partial charge in [0.05, 0.1) is 51.4 Å². The summed E-state index contributed by atoms with van der Waals surface area (Å²) in [6.07, 6.45) is 7.43. The van der Waals surface area contributed by atoms with Crippen LogP contribution in [0.5, 0.6) is 0 Å². The lowest BCUT2D eigenvalue weighted by Gasteiger charge is -2.37. The molecule has 2 atom stereocenters. The molecule has 0 aliphatic heterocycles. The van der Waals surface area contributed by atoms with Gasteiger partial charge < -0.3 is 9.47 Å². The fraction of sp³-hybridized carbons (Fsp3) is 0.750. The van der Waals surface area contributed by atoms with Gasteiger partial charge in [0, 0.05) is 10.8 Å². The average molecular weight is 276 g/mol. The third-order valence-corrected chi connectivity index (χ3v) is 3.74. The van der Waals surface area contributed by atoms with Crippen LogP contribution in [0.25, 0.3) is 0 Å². The second-order valence-corrected chi connectivity index (χ2v) is 6.06. The molecule has 0 saturated heterocycles. The van der Waals surface area contributed by atoms with Gasteiger partial charge >= 0.3 is 0 Å². The Kier molecular flexibility index (Phi) is 6.71. The van der Waals surface area contributed by atoms with E-state index in [2.05, 4.69) is 38.1 Å². The second kappa shape index (κ2) is 8.04. The van der Waals surface area contributed by atoms with E-state index < -0.39 is 0 Å². The monoisotopic (exact) mass is 276 g/mol. The predicted octanol–water partition coefficient (Wildman–Crippen LogP) is 3.21. The first-order valence-corrected chi connectivity index (χ1v) is 7.13. The van der Waals surface area contributed by atoms with E-state index in [4.69, 9.17) is 20.0 Å². The van der Waals surface area contributed by atoms with Gasteiger partial charge in [0.25, 0.3) is 0 Å². The normalized spacial score (nSPS) is 28.8. The molecule has 0 aromatic rings. The molecule has 0 aromatic heterocycles. The zero-order valence-corrected chi connectivity index (χ0v) is 12.5. The van der Waals surface area contributed by atoms with E-state index in [1.165, 1.54) is 0 Å². The van der Waals surface area contributed by atoms with Gasteiger partial charge in [0.2, 0.25) is 0 Å². The number of nitriles is 2. The largest absolute Gasteiger partial charge is 0.379 e. The average Bonchev–Trinajstić information content (AvgIpc) is 2.44. The summed E-state index contributed by atoms with van der Waals surface area (Å²) < 4.78 is 11.1. The van der Waals surface area contributed by atoms with Gasteiger partial charge in [0.15, 0.2) is 0 Å². The fourth-order valence-electron chi connectivity index (χ4n) is 2.23. The molecular formula is C16H24N2O2. The summed E-state index contributed by atoms with van der Waals surface area (Å²) in [5.41, 5.74) is 0.114. The smallest absolute Gasteiger partial charge is 0.0645 e. The van der Waals surface area contributed by atoms with Crippen LogP contribution in [0.1, 0.15) is 39.5 Å². The zero-order chi connectivity index (χ0) is 14.9. The molecule has 0 fully saturated rings. The summed E-state index contributed by atoms with van der Waals surface area (Å²) in [5, 5.41) is 17.0. The summed E-state index contributed by atoms with van der Waals surface area (Å²) in [6, 6.07) is 4.16. The maximum atomic E-state index is 8.48. The van der Waals surface area contributed by atoms with E-state index >= 15 is 0 Å². The van der Waals surface area contributed by atoms with Crippen molar-refractivity contribution in [2.24, 2.45) is 10.8 Å². The number of hydrogen-bond acceptors (Lipinski definition) is 4. The molecule has 0 saturated carbocycles. The molecule has 1 aliphatic rings. The van der Waals surface area contributed by atoms with Crippen molar-refractivity contribution in [3.05, 3.63) is 12.2 Å². The molecule has 0 N–H and O–H groups in total. The van der Waals surface area contributed by atoms with Crippen molar-refractivity contribution >= 4 is 0 Å². The van der Waals surface area contributed by atoms with Gasteiger partial charge in [-0.05, 0) is 12.8 Å². The molecule has 0 heterocycles. The molecule has 0 radical (unpaired) electrons. The zero-order valence-electron chi connectivity index (χ0n) is 12.5. The van der Waals surface area contributed by atoms with E-state index in [9.17, 15) is 0 Å². The minimum atomic E-state index is 0.0572. The molecule has 0 aromatic carbocycles. The lowest BCUT2D eigenvalue weighted by molar-refractivity contribution is 0.0393. The Morgan fingerprint density at radius 1 is 0.900 bits per heavy atom. The van der Waals surface area contributed by atoms with E-state index in [0.29, 0.717) is 39.3 Å². The molecule has 1 rings (SSSR count). The third kappa shape index (κ3) is 5.74. The number of nitrogens with zero attached hydrogens (tertiary/aromatic N) is 2.